The molecule has 0 unspecified atom stereocenters. The molecule has 0 aliphatic heterocycles. The summed E-state index contributed by atoms with van der Waals surface area (Å²) in [5.74, 6) is -0.483. The molecule has 0 aliphatic rings. The van der Waals surface area contributed by atoms with Crippen LogP contribution in [0.2, 0.25) is 8.67 Å². The number of nitrogens with one attached hydrogen (secondary N) is 1. The topological polar surface area (TPSA) is 58.6 Å². The Kier molecular flexibility index (Phi) is 7.54. The molecular formula is C15H14BrCl2F3N2O3S2. The van der Waals surface area contributed by atoms with Gasteiger partial charge in [0.05, 0.1) is 15.7 Å². The average Bonchev–Trinajstić information content (AvgIpc) is 2.78. The first-order valence-electron chi connectivity index (χ1n) is 7.48. The van der Waals surface area contributed by atoms with Gasteiger partial charge in [0.2, 0.25) is 0 Å². The van der Waals surface area contributed by atoms with Crippen LogP contribution >= 0.6 is 50.5 Å². The molecule has 0 bridgehead atoms. The molecule has 0 fully saturated rings. The highest BCUT2D eigenvalue weighted by atomic mass is 79.9. The van der Waals surface area contributed by atoms with Crippen LogP contribution in [-0.4, -0.2) is 40.6 Å². The normalized spacial score (nSPS) is 12.5. The summed E-state index contributed by atoms with van der Waals surface area (Å²) in [6.07, 6.45) is -4.65. The van der Waals surface area contributed by atoms with Gasteiger partial charge < -0.3 is 9.64 Å². The fraction of sp³-hybridized carbons (Fsp3) is 0.333. The van der Waals surface area contributed by atoms with Gasteiger partial charge in [-0.25, -0.2) is 8.42 Å². The van der Waals surface area contributed by atoms with Crippen molar-refractivity contribution in [2.24, 2.45) is 0 Å². The van der Waals surface area contributed by atoms with Crippen molar-refractivity contribution in [3.8, 4) is 5.75 Å². The van der Waals surface area contributed by atoms with E-state index in [9.17, 15) is 21.6 Å². The van der Waals surface area contributed by atoms with Crippen LogP contribution < -0.4 is 9.46 Å². The molecule has 0 spiro atoms. The van der Waals surface area contributed by atoms with E-state index in [-0.39, 0.29) is 30.3 Å². The van der Waals surface area contributed by atoms with Crippen LogP contribution in [0.15, 0.2) is 27.6 Å². The number of benzene rings is 1. The van der Waals surface area contributed by atoms with Crippen LogP contribution in [-0.2, 0) is 16.2 Å². The lowest BCUT2D eigenvalue weighted by Crippen LogP contribution is -2.20. The predicted octanol–water partition coefficient (Wildman–Crippen LogP) is 5.58. The predicted molar refractivity (Wildman–Crippen MR) is 108 cm³/mol. The first-order chi connectivity index (χ1) is 12.8. The van der Waals surface area contributed by atoms with Crippen molar-refractivity contribution in [2.45, 2.75) is 11.1 Å². The largest absolute Gasteiger partial charge is 0.492 e. The van der Waals surface area contributed by atoms with Crippen LogP contribution in [0.5, 0.6) is 5.75 Å². The molecule has 0 aliphatic carbocycles. The quantitative estimate of drug-likeness (QED) is 0.497. The molecule has 0 radical (unpaired) electrons. The third-order valence-electron chi connectivity index (χ3n) is 3.33. The summed E-state index contributed by atoms with van der Waals surface area (Å²) in [5, 5.41) is 0. The number of sulfonamides is 1. The number of anilines is 1. The van der Waals surface area contributed by atoms with E-state index in [2.05, 4.69) is 20.7 Å². The van der Waals surface area contributed by atoms with Gasteiger partial charge in [-0.3, -0.25) is 4.72 Å². The SMILES string of the molecule is CN(C)CCOc1cc(NS(=O)(=O)c2c(Cl)sc(Cl)c2Br)ccc1C(F)(F)F. The maximum absolute atomic E-state index is 13.2. The zero-order valence-electron chi connectivity index (χ0n) is 14.4. The van der Waals surface area contributed by atoms with Crippen LogP contribution in [0.3, 0.4) is 0 Å². The van der Waals surface area contributed by atoms with Crippen molar-refractivity contribution >= 4 is 66.2 Å². The standard InChI is InChI=1S/C15H14BrCl2F3N2O3S2/c1-23(2)5-6-26-10-7-8(3-4-9(10)15(19,20)21)22-28(24,25)12-11(16)13(17)27-14(12)18/h3-4,7,22H,5-6H2,1-2H3. The highest BCUT2D eigenvalue weighted by Crippen LogP contribution is 2.44. The van der Waals surface area contributed by atoms with Crippen molar-refractivity contribution in [3.05, 3.63) is 36.9 Å². The molecule has 156 valence electrons. The summed E-state index contributed by atoms with van der Waals surface area (Å²) in [6, 6.07) is 2.72. The molecule has 28 heavy (non-hydrogen) atoms. The van der Waals surface area contributed by atoms with Gasteiger partial charge in [0.1, 0.15) is 25.9 Å². The van der Waals surface area contributed by atoms with Gasteiger partial charge in [-0.2, -0.15) is 13.2 Å². The zero-order chi connectivity index (χ0) is 21.3. The van der Waals surface area contributed by atoms with E-state index >= 15 is 0 Å². The molecule has 2 rings (SSSR count). The van der Waals surface area contributed by atoms with Crippen molar-refractivity contribution in [1.29, 1.82) is 0 Å². The average molecular weight is 542 g/mol. The minimum absolute atomic E-state index is 0.0101. The van der Waals surface area contributed by atoms with E-state index in [4.69, 9.17) is 27.9 Å². The third-order valence-corrected chi connectivity index (χ3v) is 8.18. The highest BCUT2D eigenvalue weighted by Gasteiger charge is 2.35. The van der Waals surface area contributed by atoms with E-state index in [1.165, 1.54) is 0 Å². The first-order valence-corrected chi connectivity index (χ1v) is 11.3. The van der Waals surface area contributed by atoms with Gasteiger partial charge >= 0.3 is 6.18 Å². The lowest BCUT2D eigenvalue weighted by atomic mass is 10.2. The van der Waals surface area contributed by atoms with Crippen molar-refractivity contribution in [1.82, 2.24) is 4.90 Å². The summed E-state index contributed by atoms with van der Waals surface area (Å²) < 4.78 is 72.4. The van der Waals surface area contributed by atoms with Gasteiger partial charge in [-0.15, -0.1) is 11.3 Å². The molecule has 1 aromatic carbocycles. The Morgan fingerprint density at radius 3 is 2.39 bits per heavy atom. The van der Waals surface area contributed by atoms with Gasteiger partial charge in [-0.1, -0.05) is 23.2 Å². The Bertz CT molecular complexity index is 966. The Labute approximate surface area is 182 Å². The molecule has 13 heteroatoms. The first kappa shape index (κ1) is 23.6. The monoisotopic (exact) mass is 540 g/mol. The summed E-state index contributed by atoms with van der Waals surface area (Å²) in [5.41, 5.74) is -1.12. The molecule has 0 atom stereocenters. The second-order valence-electron chi connectivity index (χ2n) is 5.76. The van der Waals surface area contributed by atoms with Gasteiger partial charge in [0.25, 0.3) is 10.0 Å². The van der Waals surface area contributed by atoms with Crippen LogP contribution in [0.25, 0.3) is 0 Å². The van der Waals surface area contributed by atoms with Gasteiger partial charge in [0.15, 0.2) is 0 Å². The number of ether oxygens (including phenoxy) is 1. The van der Waals surface area contributed by atoms with E-state index in [0.717, 1.165) is 29.5 Å². The molecule has 0 amide bonds. The molecule has 0 saturated heterocycles. The third kappa shape index (κ3) is 5.67. The number of thiophene rings is 1. The number of hydrogen-bond donors (Lipinski definition) is 1. The molecule has 5 nitrogen and oxygen atoms in total. The smallest absolute Gasteiger partial charge is 0.419 e. The molecular weight excluding hydrogens is 528 g/mol. The Morgan fingerprint density at radius 1 is 1.25 bits per heavy atom. The zero-order valence-corrected chi connectivity index (χ0v) is 19.1. The van der Waals surface area contributed by atoms with Crippen LogP contribution in [0.4, 0.5) is 18.9 Å². The van der Waals surface area contributed by atoms with E-state index < -0.39 is 27.5 Å². The fourth-order valence-corrected chi connectivity index (χ4v) is 6.66. The lowest BCUT2D eigenvalue weighted by Gasteiger charge is -2.17. The lowest BCUT2D eigenvalue weighted by molar-refractivity contribution is -0.138. The number of alkyl halides is 3. The minimum atomic E-state index is -4.65. The summed E-state index contributed by atoms with van der Waals surface area (Å²) >= 11 is 15.7. The molecule has 1 heterocycles. The summed E-state index contributed by atoms with van der Waals surface area (Å²) in [7, 11) is -0.716. The molecule has 1 aromatic heterocycles. The number of nitrogens with zero attached hydrogens (tertiary/aromatic N) is 1. The number of likely N-dealkylation sites (N-methyl/N-ethyl adjacent to an activating group) is 1. The van der Waals surface area contributed by atoms with Crippen LogP contribution in [0, 0.1) is 0 Å². The Morgan fingerprint density at radius 2 is 1.89 bits per heavy atom. The van der Waals surface area contributed by atoms with E-state index in [1.807, 2.05) is 0 Å². The van der Waals surface area contributed by atoms with E-state index in [0.29, 0.717) is 6.54 Å². The van der Waals surface area contributed by atoms with Crippen molar-refractivity contribution < 1.29 is 26.3 Å². The Balaban J connectivity index is 2.38. The Hall–Kier alpha value is -0.720. The second-order valence-corrected chi connectivity index (χ2v) is 10.4. The summed E-state index contributed by atoms with van der Waals surface area (Å²) in [6.45, 7) is 0.368. The molecule has 2 aromatic rings. The minimum Gasteiger partial charge on any atom is -0.492 e. The number of rotatable bonds is 7. The summed E-state index contributed by atoms with van der Waals surface area (Å²) in [4.78, 5) is 1.44. The second kappa shape index (κ2) is 8.97. The molecule has 0 saturated carbocycles. The maximum atomic E-state index is 13.2. The van der Waals surface area contributed by atoms with Gasteiger partial charge in [-0.05, 0) is 42.2 Å². The fourth-order valence-electron chi connectivity index (χ4n) is 2.05. The van der Waals surface area contributed by atoms with Gasteiger partial charge in [0, 0.05) is 12.6 Å². The number of hydrogen-bond acceptors (Lipinski definition) is 5. The molecule has 1 N–H and O–H groups in total. The highest BCUT2D eigenvalue weighted by molar-refractivity contribution is 9.10. The van der Waals surface area contributed by atoms with Crippen molar-refractivity contribution in [2.75, 3.05) is 32.0 Å². The van der Waals surface area contributed by atoms with Crippen molar-refractivity contribution in [3.63, 3.8) is 0 Å². The maximum Gasteiger partial charge on any atom is 0.419 e. The van der Waals surface area contributed by atoms with E-state index in [1.54, 1.807) is 19.0 Å². The number of halogens is 6. The van der Waals surface area contributed by atoms with Crippen LogP contribution in [0.1, 0.15) is 5.56 Å².